The van der Waals surface area contributed by atoms with E-state index in [4.69, 9.17) is 0 Å². The molecule has 0 bridgehead atoms. The summed E-state index contributed by atoms with van der Waals surface area (Å²) in [5.74, 6) is 0. The molecule has 0 atom stereocenters. The van der Waals surface area contributed by atoms with E-state index in [1.807, 2.05) is 31.3 Å². The first kappa shape index (κ1) is 7.03. The topological polar surface area (TPSA) is 37.8 Å². The van der Waals surface area contributed by atoms with Gasteiger partial charge in [-0.2, -0.15) is 10.2 Å². The van der Waals surface area contributed by atoms with E-state index < -0.39 is 0 Å². The van der Waals surface area contributed by atoms with Crippen molar-refractivity contribution >= 4 is 16.6 Å². The van der Waals surface area contributed by atoms with Crippen LogP contribution in [0.1, 0.15) is 0 Å². The molecule has 1 aromatic heterocycles. The molecule has 0 amide bonds. The Labute approximate surface area is 70.4 Å². The molecule has 0 aliphatic carbocycles. The van der Waals surface area contributed by atoms with Crippen molar-refractivity contribution in [3.63, 3.8) is 0 Å². The number of aromatic nitrogens is 2. The fourth-order valence-corrected chi connectivity index (χ4v) is 1.21. The zero-order chi connectivity index (χ0) is 8.39. The molecule has 2 aromatic rings. The van der Waals surface area contributed by atoms with E-state index in [0.29, 0.717) is 0 Å². The molecule has 0 spiro atoms. The smallest absolute Gasteiger partial charge is 0.0950 e. The summed E-state index contributed by atoms with van der Waals surface area (Å²) in [5.41, 5.74) is 1.94. The summed E-state index contributed by atoms with van der Waals surface area (Å²) in [6.07, 6.45) is 1.72. The quantitative estimate of drug-likeness (QED) is 0.687. The van der Waals surface area contributed by atoms with E-state index in [2.05, 4.69) is 15.5 Å². The largest absolute Gasteiger partial charge is 0.386 e. The van der Waals surface area contributed by atoms with Gasteiger partial charge in [-0.25, -0.2) is 0 Å². The van der Waals surface area contributed by atoms with Crippen LogP contribution in [-0.2, 0) is 0 Å². The third-order valence-corrected chi connectivity index (χ3v) is 1.82. The van der Waals surface area contributed by atoms with Gasteiger partial charge in [0.2, 0.25) is 0 Å². The number of fused-ring (bicyclic) bond motifs is 1. The predicted molar refractivity (Wildman–Crippen MR) is 49.1 cm³/mol. The lowest BCUT2D eigenvalue weighted by molar-refractivity contribution is 1.08. The average Bonchev–Trinajstić information content (AvgIpc) is 2.17. The molecule has 0 saturated carbocycles. The lowest BCUT2D eigenvalue weighted by Gasteiger charge is -2.02. The summed E-state index contributed by atoms with van der Waals surface area (Å²) < 4.78 is 0. The number of nitrogens with zero attached hydrogens (tertiary/aromatic N) is 2. The van der Waals surface area contributed by atoms with Gasteiger partial charge in [-0.1, -0.05) is 18.2 Å². The summed E-state index contributed by atoms with van der Waals surface area (Å²) in [7, 11) is 1.88. The highest BCUT2D eigenvalue weighted by Crippen LogP contribution is 2.18. The molecule has 1 aromatic carbocycles. The summed E-state index contributed by atoms with van der Waals surface area (Å²) in [6, 6.07) is 7.92. The number of benzene rings is 1. The van der Waals surface area contributed by atoms with Crippen molar-refractivity contribution in [3.05, 3.63) is 30.5 Å². The van der Waals surface area contributed by atoms with E-state index in [0.717, 1.165) is 16.6 Å². The Morgan fingerprint density at radius 2 is 2.08 bits per heavy atom. The SMILES string of the molecule is CNc1cnnc2ccccc12. The van der Waals surface area contributed by atoms with Gasteiger partial charge in [-0.05, 0) is 6.07 Å². The van der Waals surface area contributed by atoms with Gasteiger partial charge in [0, 0.05) is 12.4 Å². The molecule has 0 fully saturated rings. The van der Waals surface area contributed by atoms with Crippen molar-refractivity contribution in [3.8, 4) is 0 Å². The van der Waals surface area contributed by atoms with Crippen LogP contribution < -0.4 is 5.32 Å². The van der Waals surface area contributed by atoms with Crippen molar-refractivity contribution in [2.45, 2.75) is 0 Å². The van der Waals surface area contributed by atoms with E-state index in [1.165, 1.54) is 0 Å². The first-order chi connectivity index (χ1) is 5.92. The standard InChI is InChI=1S/C9H9N3/c1-10-9-6-11-12-8-5-3-2-4-7(8)9/h2-6H,1H3,(H,10,12). The van der Waals surface area contributed by atoms with Crippen LogP contribution >= 0.6 is 0 Å². The number of hydrogen-bond donors (Lipinski definition) is 1. The van der Waals surface area contributed by atoms with Gasteiger partial charge in [-0.3, -0.25) is 0 Å². The molecule has 1 N–H and O–H groups in total. The predicted octanol–water partition coefficient (Wildman–Crippen LogP) is 1.67. The van der Waals surface area contributed by atoms with Gasteiger partial charge in [-0.15, -0.1) is 0 Å². The Bertz CT molecular complexity index is 392. The molecule has 12 heavy (non-hydrogen) atoms. The minimum atomic E-state index is 0.921. The van der Waals surface area contributed by atoms with Crippen LogP contribution in [0.25, 0.3) is 10.9 Å². The summed E-state index contributed by atoms with van der Waals surface area (Å²) in [4.78, 5) is 0. The molecule has 0 unspecified atom stereocenters. The third kappa shape index (κ3) is 0.993. The zero-order valence-corrected chi connectivity index (χ0v) is 6.78. The van der Waals surface area contributed by atoms with Crippen LogP contribution in [0.3, 0.4) is 0 Å². The summed E-state index contributed by atoms with van der Waals surface area (Å²) in [5, 5.41) is 12.0. The second-order valence-corrected chi connectivity index (χ2v) is 2.53. The van der Waals surface area contributed by atoms with Crippen LogP contribution in [-0.4, -0.2) is 17.2 Å². The lowest BCUT2D eigenvalue weighted by atomic mass is 10.2. The normalized spacial score (nSPS) is 10.1. The molecule has 2 rings (SSSR count). The number of nitrogens with one attached hydrogen (secondary N) is 1. The maximum absolute atomic E-state index is 4.00. The Hall–Kier alpha value is -1.64. The second-order valence-electron chi connectivity index (χ2n) is 2.53. The highest BCUT2D eigenvalue weighted by molar-refractivity contribution is 5.89. The molecular weight excluding hydrogens is 150 g/mol. The van der Waals surface area contributed by atoms with Gasteiger partial charge in [0.1, 0.15) is 0 Å². The van der Waals surface area contributed by atoms with Gasteiger partial charge < -0.3 is 5.32 Å². The van der Waals surface area contributed by atoms with Crippen LogP contribution in [0, 0.1) is 0 Å². The molecule has 60 valence electrons. The number of anilines is 1. The van der Waals surface area contributed by atoms with Crippen molar-refractivity contribution in [2.75, 3.05) is 12.4 Å². The van der Waals surface area contributed by atoms with E-state index in [-0.39, 0.29) is 0 Å². The highest BCUT2D eigenvalue weighted by Gasteiger charge is 1.97. The molecular formula is C9H9N3. The Kier molecular flexibility index (Phi) is 1.63. The molecule has 0 aliphatic heterocycles. The van der Waals surface area contributed by atoms with Crippen LogP contribution in [0.2, 0.25) is 0 Å². The molecule has 0 aliphatic rings. The number of rotatable bonds is 1. The second kappa shape index (κ2) is 2.77. The Balaban J connectivity index is 2.79. The van der Waals surface area contributed by atoms with Crippen LogP contribution in [0.15, 0.2) is 30.5 Å². The van der Waals surface area contributed by atoms with E-state index >= 15 is 0 Å². The third-order valence-electron chi connectivity index (χ3n) is 1.82. The maximum atomic E-state index is 4.00. The average molecular weight is 159 g/mol. The fraction of sp³-hybridized carbons (Fsp3) is 0.111. The first-order valence-electron chi connectivity index (χ1n) is 3.80. The van der Waals surface area contributed by atoms with Crippen molar-refractivity contribution in [2.24, 2.45) is 0 Å². The molecule has 0 radical (unpaired) electrons. The van der Waals surface area contributed by atoms with Crippen LogP contribution in [0.4, 0.5) is 5.69 Å². The molecule has 3 nitrogen and oxygen atoms in total. The molecule has 3 heteroatoms. The highest BCUT2D eigenvalue weighted by atomic mass is 15.1. The van der Waals surface area contributed by atoms with Gasteiger partial charge in [0.25, 0.3) is 0 Å². The molecule has 1 heterocycles. The zero-order valence-electron chi connectivity index (χ0n) is 6.78. The minimum absolute atomic E-state index is 0.921. The van der Waals surface area contributed by atoms with Gasteiger partial charge in [0.05, 0.1) is 17.4 Å². The van der Waals surface area contributed by atoms with Crippen molar-refractivity contribution < 1.29 is 0 Å². The monoisotopic (exact) mass is 159 g/mol. The number of hydrogen-bond acceptors (Lipinski definition) is 3. The van der Waals surface area contributed by atoms with Gasteiger partial charge >= 0.3 is 0 Å². The van der Waals surface area contributed by atoms with Crippen molar-refractivity contribution in [1.82, 2.24) is 10.2 Å². The Morgan fingerprint density at radius 3 is 2.92 bits per heavy atom. The van der Waals surface area contributed by atoms with Crippen LogP contribution in [0.5, 0.6) is 0 Å². The van der Waals surface area contributed by atoms with Crippen molar-refractivity contribution in [1.29, 1.82) is 0 Å². The van der Waals surface area contributed by atoms with E-state index in [9.17, 15) is 0 Å². The minimum Gasteiger partial charge on any atom is -0.386 e. The maximum Gasteiger partial charge on any atom is 0.0950 e. The molecule has 0 saturated heterocycles. The Morgan fingerprint density at radius 1 is 1.25 bits per heavy atom. The summed E-state index contributed by atoms with van der Waals surface area (Å²) in [6.45, 7) is 0. The first-order valence-corrected chi connectivity index (χ1v) is 3.80. The lowest BCUT2D eigenvalue weighted by Crippen LogP contribution is -1.92. The summed E-state index contributed by atoms with van der Waals surface area (Å²) >= 11 is 0. The van der Waals surface area contributed by atoms with E-state index in [1.54, 1.807) is 6.20 Å². The van der Waals surface area contributed by atoms with Gasteiger partial charge in [0.15, 0.2) is 0 Å². The fourth-order valence-electron chi connectivity index (χ4n) is 1.21.